The van der Waals surface area contributed by atoms with E-state index in [2.05, 4.69) is 4.90 Å². The van der Waals surface area contributed by atoms with E-state index >= 15 is 0 Å². The second-order valence-corrected chi connectivity index (χ2v) is 11.0. The van der Waals surface area contributed by atoms with Gasteiger partial charge in [0.05, 0.1) is 5.56 Å². The molecule has 0 unspecified atom stereocenters. The van der Waals surface area contributed by atoms with Gasteiger partial charge in [0.2, 0.25) is 5.91 Å². The number of benzene rings is 1. The molecule has 0 bridgehead atoms. The van der Waals surface area contributed by atoms with E-state index in [4.69, 9.17) is 22.1 Å². The number of amides is 1. The number of Topliss-reactive ketones (excluding diaryl/α,β-unsaturated/α-hetero) is 1. The lowest BCUT2D eigenvalue weighted by Gasteiger charge is -2.27. The Morgan fingerprint density at radius 1 is 1.15 bits per heavy atom. The van der Waals surface area contributed by atoms with Crippen LogP contribution >= 0.6 is 22.9 Å². The third kappa shape index (κ3) is 7.39. The first-order chi connectivity index (χ1) is 15.5. The lowest BCUT2D eigenvalue weighted by atomic mass is 9.98. The smallest absolute Gasteiger partial charge is 0.306 e. The Balaban J connectivity index is 1.61. The van der Waals surface area contributed by atoms with Gasteiger partial charge in [-0.25, -0.2) is 0 Å². The zero-order valence-corrected chi connectivity index (χ0v) is 21.0. The molecule has 0 saturated carbocycles. The summed E-state index contributed by atoms with van der Waals surface area (Å²) in [5.41, 5.74) is 7.62. The predicted molar refractivity (Wildman–Crippen MR) is 131 cm³/mol. The zero-order chi connectivity index (χ0) is 24.2. The number of primary amides is 1. The number of fused-ring (bicyclic) bond motifs is 1. The van der Waals surface area contributed by atoms with E-state index in [0.717, 1.165) is 34.0 Å². The van der Waals surface area contributed by atoms with Crippen LogP contribution in [0.5, 0.6) is 0 Å². The molecule has 0 spiro atoms. The van der Waals surface area contributed by atoms with Gasteiger partial charge in [0.1, 0.15) is 11.4 Å². The number of nitrogens with zero attached hydrogens (tertiary/aromatic N) is 1. The number of ketones is 1. The van der Waals surface area contributed by atoms with Crippen molar-refractivity contribution in [2.75, 3.05) is 13.1 Å². The fourth-order valence-corrected chi connectivity index (χ4v) is 5.58. The van der Waals surface area contributed by atoms with E-state index in [0.29, 0.717) is 36.4 Å². The monoisotopic (exact) mass is 490 g/mol. The molecule has 0 radical (unpaired) electrons. The molecule has 3 rings (SSSR count). The van der Waals surface area contributed by atoms with E-state index in [1.807, 2.05) is 32.9 Å². The minimum Gasteiger partial charge on any atom is -0.460 e. The largest absolute Gasteiger partial charge is 0.460 e. The third-order valence-corrected chi connectivity index (χ3v) is 6.87. The minimum atomic E-state index is -0.472. The minimum absolute atomic E-state index is 0.0348. The second-order valence-electron chi connectivity index (χ2n) is 9.40. The van der Waals surface area contributed by atoms with Gasteiger partial charge in [-0.15, -0.1) is 11.3 Å². The average Bonchev–Trinajstić information content (AvgIpc) is 3.05. The fourth-order valence-electron chi connectivity index (χ4n) is 4.03. The summed E-state index contributed by atoms with van der Waals surface area (Å²) >= 11 is 7.42. The highest BCUT2D eigenvalue weighted by Gasteiger charge is 2.27. The summed E-state index contributed by atoms with van der Waals surface area (Å²) in [4.78, 5) is 41.0. The number of thiophene rings is 1. The maximum absolute atomic E-state index is 12.7. The van der Waals surface area contributed by atoms with E-state index in [1.54, 1.807) is 12.1 Å². The van der Waals surface area contributed by atoms with E-state index < -0.39 is 11.5 Å². The number of rotatable bonds is 9. The highest BCUT2D eigenvalue weighted by atomic mass is 35.5. The molecular formula is C25H31ClN2O4S. The number of hydrogen-bond donors (Lipinski definition) is 1. The highest BCUT2D eigenvalue weighted by molar-refractivity contribution is 7.12. The zero-order valence-electron chi connectivity index (χ0n) is 19.4. The van der Waals surface area contributed by atoms with Crippen LogP contribution in [0.3, 0.4) is 0 Å². The van der Waals surface area contributed by atoms with Crippen LogP contribution < -0.4 is 5.73 Å². The number of carbonyl (C=O) groups is 3. The molecule has 1 aromatic heterocycles. The first-order valence-corrected chi connectivity index (χ1v) is 12.3. The summed E-state index contributed by atoms with van der Waals surface area (Å²) in [5, 5.41) is 0.629. The predicted octanol–water partition coefficient (Wildman–Crippen LogP) is 4.33. The summed E-state index contributed by atoms with van der Waals surface area (Å²) in [6.07, 6.45) is 2.28. The van der Waals surface area contributed by atoms with Gasteiger partial charge in [-0.05, 0) is 63.4 Å². The van der Waals surface area contributed by atoms with Crippen LogP contribution in [0, 0.1) is 0 Å². The molecule has 8 heteroatoms. The van der Waals surface area contributed by atoms with Crippen molar-refractivity contribution < 1.29 is 19.1 Å². The maximum Gasteiger partial charge on any atom is 0.306 e. The number of hydrogen-bond acceptors (Lipinski definition) is 6. The van der Waals surface area contributed by atoms with E-state index in [1.165, 1.54) is 11.3 Å². The Morgan fingerprint density at radius 3 is 2.48 bits per heavy atom. The molecule has 2 heterocycles. The summed E-state index contributed by atoms with van der Waals surface area (Å²) in [7, 11) is 0. The van der Waals surface area contributed by atoms with Crippen molar-refractivity contribution in [3.05, 3.63) is 55.7 Å². The number of carbonyl (C=O) groups excluding carboxylic acids is 3. The van der Waals surface area contributed by atoms with Gasteiger partial charge in [-0.2, -0.15) is 0 Å². The number of nitrogens with two attached hydrogens (primary N) is 1. The average molecular weight is 491 g/mol. The topological polar surface area (TPSA) is 89.7 Å². The number of ether oxygens (including phenoxy) is 1. The molecule has 33 heavy (non-hydrogen) atoms. The van der Waals surface area contributed by atoms with Crippen molar-refractivity contribution >= 4 is 40.6 Å². The first-order valence-electron chi connectivity index (χ1n) is 11.2. The number of halogens is 1. The normalized spacial score (nSPS) is 14.1. The molecule has 0 fully saturated rings. The molecule has 1 aromatic carbocycles. The maximum atomic E-state index is 12.7. The van der Waals surface area contributed by atoms with Crippen LogP contribution in [-0.2, 0) is 40.1 Å². The van der Waals surface area contributed by atoms with Crippen molar-refractivity contribution in [1.82, 2.24) is 4.90 Å². The Labute approximate surface area is 204 Å². The molecule has 1 amide bonds. The summed E-state index contributed by atoms with van der Waals surface area (Å²) in [6, 6.07) is 7.20. The molecular weight excluding hydrogens is 460 g/mol. The summed E-state index contributed by atoms with van der Waals surface area (Å²) in [6.45, 7) is 7.84. The Kier molecular flexibility index (Phi) is 8.32. The van der Waals surface area contributed by atoms with Gasteiger partial charge >= 0.3 is 5.97 Å². The van der Waals surface area contributed by atoms with Crippen molar-refractivity contribution in [1.29, 1.82) is 0 Å². The lowest BCUT2D eigenvalue weighted by Crippen LogP contribution is -2.32. The molecule has 0 aliphatic carbocycles. The van der Waals surface area contributed by atoms with Crippen LogP contribution in [0.15, 0.2) is 24.3 Å². The molecule has 2 aromatic rings. The molecule has 178 valence electrons. The van der Waals surface area contributed by atoms with Crippen molar-refractivity contribution in [2.24, 2.45) is 5.73 Å². The number of esters is 1. The van der Waals surface area contributed by atoms with Gasteiger partial charge in [0.15, 0.2) is 0 Å². The second kappa shape index (κ2) is 10.8. The lowest BCUT2D eigenvalue weighted by molar-refractivity contribution is -0.155. The molecule has 1 aliphatic heterocycles. The van der Waals surface area contributed by atoms with Gasteiger partial charge in [0, 0.05) is 47.1 Å². The molecule has 6 nitrogen and oxygen atoms in total. The molecule has 0 saturated heterocycles. The summed E-state index contributed by atoms with van der Waals surface area (Å²) < 4.78 is 5.37. The van der Waals surface area contributed by atoms with Crippen LogP contribution in [0.2, 0.25) is 5.02 Å². The van der Waals surface area contributed by atoms with E-state index in [-0.39, 0.29) is 24.6 Å². The van der Waals surface area contributed by atoms with Gasteiger partial charge in [0.25, 0.3) is 0 Å². The first kappa shape index (κ1) is 25.4. The third-order valence-electron chi connectivity index (χ3n) is 5.40. The highest BCUT2D eigenvalue weighted by Crippen LogP contribution is 2.34. The van der Waals surface area contributed by atoms with Crippen molar-refractivity contribution in [3.63, 3.8) is 0 Å². The van der Waals surface area contributed by atoms with Crippen molar-refractivity contribution in [2.45, 2.75) is 65.0 Å². The van der Waals surface area contributed by atoms with Crippen LogP contribution in [0.4, 0.5) is 0 Å². The Morgan fingerprint density at radius 2 is 1.85 bits per heavy atom. The molecule has 1 aliphatic rings. The van der Waals surface area contributed by atoms with Gasteiger partial charge in [-0.3, -0.25) is 19.3 Å². The van der Waals surface area contributed by atoms with E-state index in [9.17, 15) is 14.4 Å². The van der Waals surface area contributed by atoms with Crippen molar-refractivity contribution in [3.8, 4) is 0 Å². The van der Waals surface area contributed by atoms with Crippen LogP contribution in [0.25, 0.3) is 0 Å². The molecule has 0 atom stereocenters. The quantitative estimate of drug-likeness (QED) is 0.528. The SMILES string of the molecule is CC(C)(C)OC(=O)CCCN1CCc2c(sc(CC(=O)Cc3ccc(Cl)cc3)c2C(N)=O)C1. The Bertz CT molecular complexity index is 1020. The summed E-state index contributed by atoms with van der Waals surface area (Å²) in [5.74, 6) is -0.623. The van der Waals surface area contributed by atoms with Crippen LogP contribution in [-0.4, -0.2) is 41.3 Å². The fraction of sp³-hybridized carbons (Fsp3) is 0.480. The standard InChI is InChI=1S/C25H31ClN2O4S/c1-25(2,3)32-22(30)5-4-11-28-12-10-19-21(15-28)33-20(23(19)24(27)31)14-18(29)13-16-6-8-17(26)9-7-16/h6-9H,4-5,10-15H2,1-3H3,(H2,27,31). The van der Waals surface area contributed by atoms with Gasteiger partial charge in [-0.1, -0.05) is 23.7 Å². The molecule has 2 N–H and O–H groups in total. The van der Waals surface area contributed by atoms with Crippen LogP contribution in [0.1, 0.15) is 64.9 Å². The Hall–Kier alpha value is -2.22. The van der Waals surface area contributed by atoms with Gasteiger partial charge < -0.3 is 10.5 Å².